The van der Waals surface area contributed by atoms with Crippen LogP contribution in [0.2, 0.25) is 0 Å². The van der Waals surface area contributed by atoms with E-state index in [4.69, 9.17) is 5.73 Å². The van der Waals surface area contributed by atoms with Crippen LogP contribution < -0.4 is 11.1 Å². The Bertz CT molecular complexity index is 363. The molecule has 0 aliphatic carbocycles. The summed E-state index contributed by atoms with van der Waals surface area (Å²) in [4.78, 5) is 25.3. The van der Waals surface area contributed by atoms with Crippen LogP contribution in [0.25, 0.3) is 0 Å². The van der Waals surface area contributed by atoms with Crippen molar-refractivity contribution in [3.05, 3.63) is 29.6 Å². The number of carbonyl (C=O) groups excluding carboxylic acids is 2. The van der Waals surface area contributed by atoms with Gasteiger partial charge in [-0.15, -0.1) is 0 Å². The van der Waals surface area contributed by atoms with Crippen molar-refractivity contribution >= 4 is 11.8 Å². The third-order valence-corrected chi connectivity index (χ3v) is 1.60. The summed E-state index contributed by atoms with van der Waals surface area (Å²) in [5, 5.41) is 2.35. The highest BCUT2D eigenvalue weighted by atomic mass is 16.2. The summed E-state index contributed by atoms with van der Waals surface area (Å²) in [7, 11) is 0. The number of primary amides is 1. The van der Waals surface area contributed by atoms with Gasteiger partial charge in [-0.3, -0.25) is 14.6 Å². The molecule has 1 rings (SSSR count). The molecule has 0 aliphatic heterocycles. The molecule has 74 valence electrons. The first-order valence-electron chi connectivity index (χ1n) is 4.10. The van der Waals surface area contributed by atoms with Crippen molar-refractivity contribution < 1.29 is 9.59 Å². The first-order valence-corrected chi connectivity index (χ1v) is 4.10. The zero-order valence-electron chi connectivity index (χ0n) is 7.78. The Morgan fingerprint density at radius 2 is 2.21 bits per heavy atom. The maximum atomic E-state index is 10.8. The predicted octanol–water partition coefficient (Wildman–Crippen LogP) is -0.508. The Balaban J connectivity index is 2.54. The molecule has 1 aromatic heterocycles. The van der Waals surface area contributed by atoms with Crippen LogP contribution in [0.3, 0.4) is 0 Å². The highest BCUT2D eigenvalue weighted by molar-refractivity contribution is 6.34. The standard InChI is InChI=1S/C9H11N3O2/c1-6-3-2-4-7(12-6)5-11-9(14)8(10)13/h2-4H,5H2,1H3,(H2,10,13)(H,11,14). The molecule has 0 aromatic carbocycles. The van der Waals surface area contributed by atoms with Gasteiger partial charge < -0.3 is 11.1 Å². The third kappa shape index (κ3) is 2.85. The molecule has 5 nitrogen and oxygen atoms in total. The monoisotopic (exact) mass is 193 g/mol. The molecular formula is C9H11N3O2. The van der Waals surface area contributed by atoms with Crippen LogP contribution in [0.5, 0.6) is 0 Å². The highest BCUT2D eigenvalue weighted by Gasteiger charge is 2.07. The SMILES string of the molecule is Cc1cccc(CNC(=O)C(N)=O)n1. The van der Waals surface area contributed by atoms with Gasteiger partial charge in [0, 0.05) is 5.69 Å². The quantitative estimate of drug-likeness (QED) is 0.620. The first kappa shape index (κ1) is 10.2. The van der Waals surface area contributed by atoms with Crippen LogP contribution in [0.1, 0.15) is 11.4 Å². The van der Waals surface area contributed by atoms with Gasteiger partial charge in [0.05, 0.1) is 12.2 Å². The first-order chi connectivity index (χ1) is 6.59. The van der Waals surface area contributed by atoms with Crippen molar-refractivity contribution in [3.63, 3.8) is 0 Å². The molecule has 0 saturated heterocycles. The van der Waals surface area contributed by atoms with E-state index in [0.29, 0.717) is 5.69 Å². The summed E-state index contributed by atoms with van der Waals surface area (Å²) < 4.78 is 0. The number of rotatable bonds is 2. The van der Waals surface area contributed by atoms with Crippen LogP contribution in [0, 0.1) is 6.92 Å². The Labute approximate surface area is 81.3 Å². The molecule has 0 atom stereocenters. The van der Waals surface area contributed by atoms with Gasteiger partial charge in [0.15, 0.2) is 0 Å². The van der Waals surface area contributed by atoms with Crippen molar-refractivity contribution in [1.29, 1.82) is 0 Å². The van der Waals surface area contributed by atoms with Crippen LogP contribution in [-0.2, 0) is 16.1 Å². The third-order valence-electron chi connectivity index (χ3n) is 1.60. The number of nitrogens with two attached hydrogens (primary N) is 1. The van der Waals surface area contributed by atoms with Crippen LogP contribution in [-0.4, -0.2) is 16.8 Å². The maximum Gasteiger partial charge on any atom is 0.309 e. The Hall–Kier alpha value is -1.91. The average molecular weight is 193 g/mol. The molecule has 0 radical (unpaired) electrons. The van der Waals surface area contributed by atoms with E-state index >= 15 is 0 Å². The zero-order chi connectivity index (χ0) is 10.6. The van der Waals surface area contributed by atoms with Crippen LogP contribution in [0.15, 0.2) is 18.2 Å². The Morgan fingerprint density at radius 3 is 2.79 bits per heavy atom. The van der Waals surface area contributed by atoms with Gasteiger partial charge in [-0.05, 0) is 19.1 Å². The molecule has 1 aromatic rings. The molecule has 0 saturated carbocycles. The van der Waals surface area contributed by atoms with Gasteiger partial charge in [-0.25, -0.2) is 0 Å². The van der Waals surface area contributed by atoms with Crippen molar-refractivity contribution in [3.8, 4) is 0 Å². The van der Waals surface area contributed by atoms with Gasteiger partial charge in [0.25, 0.3) is 0 Å². The van der Waals surface area contributed by atoms with E-state index < -0.39 is 11.8 Å². The lowest BCUT2D eigenvalue weighted by atomic mass is 10.3. The molecule has 0 aliphatic rings. The number of nitrogens with zero attached hydrogens (tertiary/aromatic N) is 1. The minimum absolute atomic E-state index is 0.212. The highest BCUT2D eigenvalue weighted by Crippen LogP contribution is 1.96. The van der Waals surface area contributed by atoms with E-state index in [-0.39, 0.29) is 6.54 Å². The zero-order valence-corrected chi connectivity index (χ0v) is 7.78. The van der Waals surface area contributed by atoms with Crippen LogP contribution in [0.4, 0.5) is 0 Å². The number of hydrogen-bond acceptors (Lipinski definition) is 3. The second-order valence-electron chi connectivity index (χ2n) is 2.82. The molecule has 0 bridgehead atoms. The average Bonchev–Trinajstić information content (AvgIpc) is 2.14. The van der Waals surface area contributed by atoms with Gasteiger partial charge in [-0.2, -0.15) is 0 Å². The molecule has 0 fully saturated rings. The number of aryl methyl sites for hydroxylation is 1. The van der Waals surface area contributed by atoms with Crippen molar-refractivity contribution in [2.75, 3.05) is 0 Å². The molecule has 0 spiro atoms. The molecule has 1 heterocycles. The maximum absolute atomic E-state index is 10.8. The largest absolute Gasteiger partial charge is 0.361 e. The smallest absolute Gasteiger partial charge is 0.309 e. The second kappa shape index (κ2) is 4.36. The van der Waals surface area contributed by atoms with E-state index in [0.717, 1.165) is 5.69 Å². The normalized spacial score (nSPS) is 9.50. The van der Waals surface area contributed by atoms with Crippen molar-refractivity contribution in [2.24, 2.45) is 5.73 Å². The molecule has 5 heteroatoms. The predicted molar refractivity (Wildman–Crippen MR) is 50.0 cm³/mol. The lowest BCUT2D eigenvalue weighted by Crippen LogP contribution is -2.35. The number of amides is 2. The summed E-state index contributed by atoms with van der Waals surface area (Å²) in [5.41, 5.74) is 6.31. The van der Waals surface area contributed by atoms with E-state index in [1.165, 1.54) is 0 Å². The van der Waals surface area contributed by atoms with E-state index in [1.54, 1.807) is 6.07 Å². The fourth-order valence-corrected chi connectivity index (χ4v) is 0.956. The van der Waals surface area contributed by atoms with Gasteiger partial charge in [0.2, 0.25) is 0 Å². The van der Waals surface area contributed by atoms with Gasteiger partial charge in [-0.1, -0.05) is 6.07 Å². The minimum Gasteiger partial charge on any atom is -0.361 e. The number of nitrogens with one attached hydrogen (secondary N) is 1. The number of carbonyl (C=O) groups is 2. The summed E-state index contributed by atoms with van der Waals surface area (Å²) in [6.45, 7) is 2.06. The van der Waals surface area contributed by atoms with E-state index in [9.17, 15) is 9.59 Å². The Kier molecular flexibility index (Phi) is 3.17. The molecule has 3 N–H and O–H groups in total. The van der Waals surface area contributed by atoms with Gasteiger partial charge in [0.1, 0.15) is 0 Å². The van der Waals surface area contributed by atoms with E-state index in [1.807, 2.05) is 19.1 Å². The number of aromatic nitrogens is 1. The van der Waals surface area contributed by atoms with Crippen LogP contribution >= 0.6 is 0 Å². The summed E-state index contributed by atoms with van der Waals surface area (Å²) >= 11 is 0. The lowest BCUT2D eigenvalue weighted by molar-refractivity contribution is -0.137. The minimum atomic E-state index is -0.988. The summed E-state index contributed by atoms with van der Waals surface area (Å²) in [5.74, 6) is -1.79. The van der Waals surface area contributed by atoms with Crippen molar-refractivity contribution in [1.82, 2.24) is 10.3 Å². The fourth-order valence-electron chi connectivity index (χ4n) is 0.956. The number of hydrogen-bond donors (Lipinski definition) is 2. The molecule has 2 amide bonds. The van der Waals surface area contributed by atoms with Crippen molar-refractivity contribution in [2.45, 2.75) is 13.5 Å². The molecule has 0 unspecified atom stereocenters. The summed E-state index contributed by atoms with van der Waals surface area (Å²) in [6, 6.07) is 5.43. The van der Waals surface area contributed by atoms with Gasteiger partial charge >= 0.3 is 11.8 Å². The Morgan fingerprint density at radius 1 is 1.50 bits per heavy atom. The molecular weight excluding hydrogens is 182 g/mol. The summed E-state index contributed by atoms with van der Waals surface area (Å²) in [6.07, 6.45) is 0. The topological polar surface area (TPSA) is 85.1 Å². The molecule has 14 heavy (non-hydrogen) atoms. The second-order valence-corrected chi connectivity index (χ2v) is 2.82. The fraction of sp³-hybridized carbons (Fsp3) is 0.222. The number of pyridine rings is 1. The van der Waals surface area contributed by atoms with E-state index in [2.05, 4.69) is 10.3 Å². The lowest BCUT2D eigenvalue weighted by Gasteiger charge is -2.02.